The molecule has 0 aromatic rings. The smallest absolute Gasteiger partial charge is 0.335 e. The van der Waals surface area contributed by atoms with Gasteiger partial charge in [0, 0.05) is 11.6 Å². The Morgan fingerprint density at radius 2 is 1.79 bits per heavy atom. The summed E-state index contributed by atoms with van der Waals surface area (Å²) in [4.78, 5) is 10.9. The minimum absolute atomic E-state index is 0.378. The molecule has 74 valence electrons. The number of carbonyl (C=O) groups is 1. The minimum atomic E-state index is -0.510. The van der Waals surface area contributed by atoms with Crippen LogP contribution in [-0.4, -0.2) is 5.97 Å². The maximum Gasteiger partial charge on any atom is 0.335 e. The average molecular weight is 190 g/mol. The van der Waals surface area contributed by atoms with Crippen LogP contribution >= 0.6 is 0 Å². The number of carbonyl (C=O) groups excluding carboxylic acids is 1. The molecule has 0 saturated heterocycles. The van der Waals surface area contributed by atoms with Crippen molar-refractivity contribution in [3.05, 3.63) is 61.4 Å². The minimum Gasteiger partial charge on any atom is -0.423 e. The summed E-state index contributed by atoms with van der Waals surface area (Å²) in [5, 5.41) is 0. The van der Waals surface area contributed by atoms with Gasteiger partial charge in [0.25, 0.3) is 0 Å². The van der Waals surface area contributed by atoms with Gasteiger partial charge in [0.1, 0.15) is 5.76 Å². The van der Waals surface area contributed by atoms with Crippen molar-refractivity contribution < 1.29 is 9.53 Å². The molecule has 0 atom stereocenters. The van der Waals surface area contributed by atoms with Crippen molar-refractivity contribution in [1.29, 1.82) is 0 Å². The van der Waals surface area contributed by atoms with E-state index in [4.69, 9.17) is 4.74 Å². The standard InChI is InChI=1S/C12H14O2/c1-5-9-10(6-2)11(7-3)14-12(13)8-4/h5-9H,2-4H2,1H3/b9-5-,11-10+. The molecule has 2 nitrogen and oxygen atoms in total. The first kappa shape index (κ1) is 12.2. The van der Waals surface area contributed by atoms with Gasteiger partial charge in [0.05, 0.1) is 0 Å². The first-order valence-corrected chi connectivity index (χ1v) is 4.15. The van der Waals surface area contributed by atoms with E-state index in [0.29, 0.717) is 11.3 Å². The second-order valence-corrected chi connectivity index (χ2v) is 2.35. The summed E-state index contributed by atoms with van der Waals surface area (Å²) >= 11 is 0. The van der Waals surface area contributed by atoms with Crippen LogP contribution in [0, 0.1) is 0 Å². The van der Waals surface area contributed by atoms with Gasteiger partial charge in [-0.3, -0.25) is 0 Å². The van der Waals surface area contributed by atoms with Crippen molar-refractivity contribution in [2.24, 2.45) is 0 Å². The van der Waals surface area contributed by atoms with Gasteiger partial charge < -0.3 is 4.74 Å². The van der Waals surface area contributed by atoms with E-state index in [-0.39, 0.29) is 0 Å². The second kappa shape index (κ2) is 6.66. The summed E-state index contributed by atoms with van der Waals surface area (Å²) in [5.74, 6) is -0.133. The predicted molar refractivity (Wildman–Crippen MR) is 58.5 cm³/mol. The molecular formula is C12H14O2. The third kappa shape index (κ3) is 3.72. The van der Waals surface area contributed by atoms with E-state index in [1.54, 1.807) is 12.2 Å². The molecule has 0 spiro atoms. The molecule has 0 radical (unpaired) electrons. The molecule has 0 fully saturated rings. The molecule has 0 bridgehead atoms. The first-order chi connectivity index (χ1) is 6.69. The summed E-state index contributed by atoms with van der Waals surface area (Å²) in [6.07, 6.45) is 7.74. The topological polar surface area (TPSA) is 26.3 Å². The molecule has 14 heavy (non-hydrogen) atoms. The van der Waals surface area contributed by atoms with Crippen LogP contribution in [-0.2, 0) is 9.53 Å². The predicted octanol–water partition coefficient (Wildman–Crippen LogP) is 2.92. The summed E-state index contributed by atoms with van der Waals surface area (Å²) < 4.78 is 4.94. The van der Waals surface area contributed by atoms with Crippen LogP contribution in [0.4, 0.5) is 0 Å². The molecule has 2 heteroatoms. The highest BCUT2D eigenvalue weighted by atomic mass is 16.5. The lowest BCUT2D eigenvalue weighted by molar-refractivity contribution is -0.133. The molecule has 0 N–H and O–H groups in total. The largest absolute Gasteiger partial charge is 0.423 e. The summed E-state index contributed by atoms with van der Waals surface area (Å²) in [5.41, 5.74) is 0.706. The monoisotopic (exact) mass is 190 g/mol. The van der Waals surface area contributed by atoms with Gasteiger partial charge >= 0.3 is 5.97 Å². The highest BCUT2D eigenvalue weighted by molar-refractivity contribution is 5.82. The molecule has 0 heterocycles. The second-order valence-electron chi connectivity index (χ2n) is 2.35. The SMILES string of the molecule is C=CC(=O)O/C(C=C)=C(C=C)/C=C\C. The van der Waals surface area contributed by atoms with Crippen molar-refractivity contribution in [2.45, 2.75) is 6.92 Å². The third-order valence-electron chi connectivity index (χ3n) is 1.41. The van der Waals surface area contributed by atoms with E-state index in [9.17, 15) is 4.79 Å². The third-order valence-corrected chi connectivity index (χ3v) is 1.41. The van der Waals surface area contributed by atoms with Gasteiger partial charge in [-0.15, -0.1) is 0 Å². The van der Waals surface area contributed by atoms with Crippen molar-refractivity contribution in [2.75, 3.05) is 0 Å². The molecule has 0 saturated carbocycles. The van der Waals surface area contributed by atoms with Crippen LogP contribution in [0.5, 0.6) is 0 Å². The van der Waals surface area contributed by atoms with Gasteiger partial charge in [0.2, 0.25) is 0 Å². The van der Waals surface area contributed by atoms with Crippen LogP contribution in [0.3, 0.4) is 0 Å². The molecule has 0 aliphatic rings. The van der Waals surface area contributed by atoms with Gasteiger partial charge in [-0.2, -0.15) is 0 Å². The number of hydrogen-bond donors (Lipinski definition) is 0. The van der Waals surface area contributed by atoms with E-state index in [2.05, 4.69) is 19.7 Å². The molecule has 0 aromatic carbocycles. The normalized spacial score (nSPS) is 11.8. The first-order valence-electron chi connectivity index (χ1n) is 4.15. The zero-order valence-corrected chi connectivity index (χ0v) is 8.32. The highest BCUT2D eigenvalue weighted by Crippen LogP contribution is 2.10. The molecule has 0 aliphatic carbocycles. The molecular weight excluding hydrogens is 176 g/mol. The average Bonchev–Trinajstić information content (AvgIpc) is 2.22. The molecule has 0 aromatic heterocycles. The zero-order valence-electron chi connectivity index (χ0n) is 8.32. The van der Waals surface area contributed by atoms with E-state index in [1.165, 1.54) is 6.08 Å². The Labute approximate surface area is 84.6 Å². The van der Waals surface area contributed by atoms with Gasteiger partial charge in [0.15, 0.2) is 0 Å². The fraction of sp³-hybridized carbons (Fsp3) is 0.0833. The van der Waals surface area contributed by atoms with Crippen molar-refractivity contribution in [3.8, 4) is 0 Å². The Morgan fingerprint density at radius 3 is 2.14 bits per heavy atom. The lowest BCUT2D eigenvalue weighted by atomic mass is 10.2. The van der Waals surface area contributed by atoms with Crippen molar-refractivity contribution >= 4 is 5.97 Å². The number of allylic oxidation sites excluding steroid dienone is 5. The number of ether oxygens (including phenoxy) is 1. The van der Waals surface area contributed by atoms with Crippen molar-refractivity contribution in [1.82, 2.24) is 0 Å². The van der Waals surface area contributed by atoms with E-state index in [1.807, 2.05) is 13.0 Å². The van der Waals surface area contributed by atoms with E-state index in [0.717, 1.165) is 6.08 Å². The summed E-state index contributed by atoms with van der Waals surface area (Å²) in [6.45, 7) is 12.3. The Kier molecular flexibility index (Phi) is 5.79. The maximum atomic E-state index is 10.9. The van der Waals surface area contributed by atoms with Crippen LogP contribution in [0.1, 0.15) is 6.92 Å². The lowest BCUT2D eigenvalue weighted by Gasteiger charge is -2.04. The molecule has 0 aliphatic heterocycles. The summed E-state index contributed by atoms with van der Waals surface area (Å²) in [7, 11) is 0. The number of esters is 1. The van der Waals surface area contributed by atoms with E-state index < -0.39 is 5.97 Å². The fourth-order valence-electron chi connectivity index (χ4n) is 0.799. The number of hydrogen-bond acceptors (Lipinski definition) is 2. The lowest BCUT2D eigenvalue weighted by Crippen LogP contribution is -2.00. The van der Waals surface area contributed by atoms with E-state index >= 15 is 0 Å². The summed E-state index contributed by atoms with van der Waals surface area (Å²) in [6, 6.07) is 0. The van der Waals surface area contributed by atoms with Crippen LogP contribution < -0.4 is 0 Å². The van der Waals surface area contributed by atoms with Crippen LogP contribution in [0.2, 0.25) is 0 Å². The Morgan fingerprint density at radius 1 is 1.14 bits per heavy atom. The fourth-order valence-corrected chi connectivity index (χ4v) is 0.799. The molecule has 0 rings (SSSR count). The van der Waals surface area contributed by atoms with Gasteiger partial charge in [-0.1, -0.05) is 38.0 Å². The molecule has 0 unspecified atom stereocenters. The highest BCUT2D eigenvalue weighted by Gasteiger charge is 2.02. The van der Waals surface area contributed by atoms with Crippen molar-refractivity contribution in [3.63, 3.8) is 0 Å². The Balaban J connectivity index is 4.97. The quantitative estimate of drug-likeness (QED) is 0.288. The Hall–Kier alpha value is -1.83. The molecule has 0 amide bonds. The van der Waals surface area contributed by atoms with Crippen LogP contribution in [0.15, 0.2) is 61.4 Å². The number of rotatable bonds is 5. The van der Waals surface area contributed by atoms with Crippen LogP contribution in [0.25, 0.3) is 0 Å². The Bertz CT molecular complexity index is 306. The van der Waals surface area contributed by atoms with Gasteiger partial charge in [-0.05, 0) is 13.0 Å². The van der Waals surface area contributed by atoms with Gasteiger partial charge in [-0.25, -0.2) is 4.79 Å². The maximum absolute atomic E-state index is 10.9. The zero-order chi connectivity index (χ0) is 11.0.